The largest absolute Gasteiger partial charge is 0.329 e. The maximum atomic E-state index is 6.37. The Morgan fingerprint density at radius 2 is 1.33 bits per heavy atom. The van der Waals surface area contributed by atoms with Crippen LogP contribution in [0.25, 0.3) is 17.1 Å². The summed E-state index contributed by atoms with van der Waals surface area (Å²) in [6.07, 6.45) is 10.9. The third-order valence-electron chi connectivity index (χ3n) is 9.09. The maximum Gasteiger partial charge on any atom is 0.281 e. The van der Waals surface area contributed by atoms with Crippen molar-refractivity contribution in [2.75, 3.05) is 28.8 Å². The van der Waals surface area contributed by atoms with E-state index in [0.29, 0.717) is 0 Å². The van der Waals surface area contributed by atoms with Crippen LogP contribution in [0.5, 0.6) is 0 Å². The minimum atomic E-state index is 0.736. The van der Waals surface area contributed by atoms with Crippen molar-refractivity contribution < 1.29 is 4.57 Å². The molecule has 0 unspecified atom stereocenters. The summed E-state index contributed by atoms with van der Waals surface area (Å²) in [4.78, 5) is 6.82. The second-order valence-corrected chi connectivity index (χ2v) is 12.7. The number of rotatable bonds is 6. The predicted octanol–water partition coefficient (Wildman–Crippen LogP) is 9.56. The molecule has 5 aromatic rings. The van der Waals surface area contributed by atoms with Crippen LogP contribution < -0.4 is 19.3 Å². The fraction of sp³-hybridized carbons (Fsp3) is 0.154. The summed E-state index contributed by atoms with van der Waals surface area (Å²) in [5.41, 5.74) is 10.5. The van der Waals surface area contributed by atoms with Gasteiger partial charge in [0.25, 0.3) is 5.82 Å². The SMILES string of the molecule is CN1/C(=C/C=C2\CCC(/C=C/c3n(C)c4cc(Cl)ccc4[n+]3C)=C2N(c2ccccc2)c2ccccc2)N(C)c2cc(Cl)ccc21. The number of fused-ring (bicyclic) bond motifs is 2. The molecule has 0 saturated carbocycles. The van der Waals surface area contributed by atoms with Crippen molar-refractivity contribution in [1.29, 1.82) is 0 Å². The van der Waals surface area contributed by atoms with Gasteiger partial charge in [0, 0.05) is 47.7 Å². The van der Waals surface area contributed by atoms with Crippen LogP contribution in [0.15, 0.2) is 138 Å². The lowest BCUT2D eigenvalue weighted by Crippen LogP contribution is -2.30. The molecule has 0 N–H and O–H groups in total. The van der Waals surface area contributed by atoms with Crippen molar-refractivity contribution in [3.05, 3.63) is 154 Å². The van der Waals surface area contributed by atoms with E-state index in [-0.39, 0.29) is 0 Å². The lowest BCUT2D eigenvalue weighted by Gasteiger charge is -2.28. The van der Waals surface area contributed by atoms with Crippen molar-refractivity contribution in [2.45, 2.75) is 12.8 Å². The van der Waals surface area contributed by atoms with E-state index in [0.717, 1.165) is 68.3 Å². The minimum absolute atomic E-state index is 0.736. The average molecular weight is 646 g/mol. The highest BCUT2D eigenvalue weighted by molar-refractivity contribution is 6.31. The molecule has 5 nitrogen and oxygen atoms in total. The van der Waals surface area contributed by atoms with Crippen LogP contribution in [0.1, 0.15) is 18.7 Å². The molecule has 1 aromatic heterocycles. The van der Waals surface area contributed by atoms with E-state index in [4.69, 9.17) is 23.2 Å². The molecule has 2 heterocycles. The molecule has 4 aromatic carbocycles. The number of hydrogen-bond donors (Lipinski definition) is 0. The van der Waals surface area contributed by atoms with Crippen molar-refractivity contribution in [3.63, 3.8) is 0 Å². The standard InChI is InChI=1S/C39H36Cl2N5/c1-42-33-21-19-29(40)25-35(33)44(3)37(42)23-17-27-15-16-28(18-24-38-43(2)34-22-20-30(41)26-36(34)45(38)4)39(27)46(31-11-7-5-8-12-31)32-13-9-6-10-14-32/h5-14,17-26H,15-16H2,1-4H3/q+1. The number of para-hydroxylation sites is 2. The highest BCUT2D eigenvalue weighted by Gasteiger charge is 2.29. The summed E-state index contributed by atoms with van der Waals surface area (Å²) in [5, 5.41) is 1.47. The first-order valence-electron chi connectivity index (χ1n) is 15.5. The topological polar surface area (TPSA) is 18.5 Å². The van der Waals surface area contributed by atoms with Gasteiger partial charge in [-0.15, -0.1) is 0 Å². The molecule has 0 spiro atoms. The third kappa shape index (κ3) is 5.30. The first-order valence-corrected chi connectivity index (χ1v) is 16.2. The van der Waals surface area contributed by atoms with Crippen LogP contribution in [-0.4, -0.2) is 18.7 Å². The van der Waals surface area contributed by atoms with Crippen LogP contribution in [0.2, 0.25) is 10.0 Å². The van der Waals surface area contributed by atoms with E-state index in [1.807, 2.05) is 24.3 Å². The highest BCUT2D eigenvalue weighted by atomic mass is 35.5. The Kier molecular flexibility index (Phi) is 7.97. The lowest BCUT2D eigenvalue weighted by atomic mass is 10.1. The Morgan fingerprint density at radius 3 is 2.02 bits per heavy atom. The Bertz CT molecular complexity index is 2030. The highest BCUT2D eigenvalue weighted by Crippen LogP contribution is 2.44. The van der Waals surface area contributed by atoms with E-state index in [2.05, 4.69) is 149 Å². The fourth-order valence-electron chi connectivity index (χ4n) is 6.72. The van der Waals surface area contributed by atoms with E-state index in [9.17, 15) is 0 Å². The van der Waals surface area contributed by atoms with Gasteiger partial charge < -0.3 is 14.7 Å². The van der Waals surface area contributed by atoms with Gasteiger partial charge in [-0.1, -0.05) is 65.7 Å². The molecular weight excluding hydrogens is 609 g/mol. The molecule has 1 aliphatic carbocycles. The normalized spacial score (nSPS) is 16.6. The van der Waals surface area contributed by atoms with Crippen molar-refractivity contribution in [3.8, 4) is 0 Å². The molecule has 46 heavy (non-hydrogen) atoms. The van der Waals surface area contributed by atoms with Crippen LogP contribution in [0.4, 0.5) is 22.7 Å². The van der Waals surface area contributed by atoms with Gasteiger partial charge in [-0.2, -0.15) is 0 Å². The zero-order valence-electron chi connectivity index (χ0n) is 26.5. The molecule has 0 radical (unpaired) electrons. The molecule has 0 saturated heterocycles. The molecule has 0 bridgehead atoms. The first kappa shape index (κ1) is 30.0. The lowest BCUT2D eigenvalue weighted by molar-refractivity contribution is -0.647. The number of hydrogen-bond acceptors (Lipinski definition) is 3. The monoisotopic (exact) mass is 644 g/mol. The van der Waals surface area contributed by atoms with Gasteiger partial charge in [-0.3, -0.25) is 0 Å². The third-order valence-corrected chi connectivity index (χ3v) is 9.56. The van der Waals surface area contributed by atoms with Gasteiger partial charge in [-0.25, -0.2) is 9.13 Å². The van der Waals surface area contributed by atoms with Gasteiger partial charge in [0.1, 0.15) is 5.82 Å². The second-order valence-electron chi connectivity index (χ2n) is 11.8. The number of imidazole rings is 1. The van der Waals surface area contributed by atoms with Crippen LogP contribution in [-0.2, 0) is 14.1 Å². The Morgan fingerprint density at radius 1 is 0.696 bits per heavy atom. The molecule has 1 aliphatic heterocycles. The van der Waals surface area contributed by atoms with Crippen molar-refractivity contribution in [2.24, 2.45) is 14.1 Å². The summed E-state index contributed by atoms with van der Waals surface area (Å²) in [7, 11) is 8.41. The molecule has 7 rings (SSSR count). The van der Waals surface area contributed by atoms with Gasteiger partial charge in [-0.05, 0) is 90.7 Å². The Labute approximate surface area is 280 Å². The number of nitrogens with zero attached hydrogens (tertiary/aromatic N) is 5. The molecule has 2 aliphatic rings. The zero-order chi connectivity index (χ0) is 31.9. The number of anilines is 4. The molecule has 7 heteroatoms. The predicted molar refractivity (Wildman–Crippen MR) is 194 cm³/mol. The first-order chi connectivity index (χ1) is 22.3. The fourth-order valence-corrected chi connectivity index (χ4v) is 7.06. The maximum absolute atomic E-state index is 6.37. The van der Waals surface area contributed by atoms with Gasteiger partial charge in [0.05, 0.1) is 31.2 Å². The van der Waals surface area contributed by atoms with Gasteiger partial charge in [0.2, 0.25) is 0 Å². The molecule has 0 atom stereocenters. The van der Waals surface area contributed by atoms with Crippen LogP contribution in [0, 0.1) is 0 Å². The summed E-state index contributed by atoms with van der Waals surface area (Å²) in [6, 6.07) is 33.4. The van der Waals surface area contributed by atoms with E-state index >= 15 is 0 Å². The van der Waals surface area contributed by atoms with Crippen LogP contribution >= 0.6 is 23.2 Å². The number of halogens is 2. The smallest absolute Gasteiger partial charge is 0.281 e. The summed E-state index contributed by atoms with van der Waals surface area (Å²) < 4.78 is 4.43. The van der Waals surface area contributed by atoms with Crippen LogP contribution in [0.3, 0.4) is 0 Å². The zero-order valence-corrected chi connectivity index (χ0v) is 28.0. The second kappa shape index (κ2) is 12.2. The number of benzene rings is 4. The summed E-state index contributed by atoms with van der Waals surface area (Å²) in [6.45, 7) is 0. The quantitative estimate of drug-likeness (QED) is 0.172. The molecule has 230 valence electrons. The minimum Gasteiger partial charge on any atom is -0.329 e. The number of aryl methyl sites for hydroxylation is 2. The van der Waals surface area contributed by atoms with Crippen molar-refractivity contribution >= 4 is 63.1 Å². The van der Waals surface area contributed by atoms with E-state index in [1.54, 1.807) is 0 Å². The van der Waals surface area contributed by atoms with Gasteiger partial charge in [0.15, 0.2) is 11.0 Å². The number of allylic oxidation sites excluding steroid dienone is 5. The van der Waals surface area contributed by atoms with E-state index in [1.165, 1.54) is 16.8 Å². The van der Waals surface area contributed by atoms with E-state index < -0.39 is 0 Å². The summed E-state index contributed by atoms with van der Waals surface area (Å²) in [5.74, 6) is 2.19. The van der Waals surface area contributed by atoms with Crippen molar-refractivity contribution in [1.82, 2.24) is 4.57 Å². The Balaban J connectivity index is 1.38. The Hall–Kier alpha value is -4.71. The molecule has 0 fully saturated rings. The van der Waals surface area contributed by atoms with Gasteiger partial charge >= 0.3 is 0 Å². The molecular formula is C39H36Cl2N5+. The number of aromatic nitrogens is 2. The molecule has 0 amide bonds. The summed E-state index contributed by atoms with van der Waals surface area (Å²) >= 11 is 12.7. The average Bonchev–Trinajstić information content (AvgIpc) is 3.65.